The average Bonchev–Trinajstić information content (AvgIpc) is 2.31. The first-order valence-corrected chi connectivity index (χ1v) is 7.58. The molecule has 1 heterocycles. The summed E-state index contributed by atoms with van der Waals surface area (Å²) in [5.41, 5.74) is 0.685. The summed E-state index contributed by atoms with van der Waals surface area (Å²) in [6, 6.07) is 5.76. The minimum absolute atomic E-state index is 0.0526. The summed E-state index contributed by atoms with van der Waals surface area (Å²) >= 11 is 14.2. The van der Waals surface area contributed by atoms with Gasteiger partial charge in [0.25, 0.3) is 0 Å². The lowest BCUT2D eigenvalue weighted by molar-refractivity contribution is 0.222. The summed E-state index contributed by atoms with van der Waals surface area (Å²) < 4.78 is 6.44. The normalized spacial score (nSPS) is 10.7. The van der Waals surface area contributed by atoms with Crippen molar-refractivity contribution in [3.05, 3.63) is 32.1 Å². The minimum atomic E-state index is -0.0526. The van der Waals surface area contributed by atoms with Crippen LogP contribution in [0.15, 0.2) is 18.2 Å². The van der Waals surface area contributed by atoms with Crippen molar-refractivity contribution >= 4 is 57.4 Å². The highest BCUT2D eigenvalue weighted by Gasteiger charge is 2.09. The molecule has 0 aliphatic heterocycles. The van der Waals surface area contributed by atoms with Crippen LogP contribution in [0.2, 0.25) is 10.3 Å². The number of halogens is 3. The van der Waals surface area contributed by atoms with Gasteiger partial charge in [-0.2, -0.15) is 15.0 Å². The topological polar surface area (TPSA) is 59.9 Å². The molecule has 2 rings (SSSR count). The fourth-order valence-electron chi connectivity index (χ4n) is 1.36. The molecule has 20 heavy (non-hydrogen) atoms. The van der Waals surface area contributed by atoms with Crippen molar-refractivity contribution in [2.24, 2.45) is 0 Å². The number of aromatic nitrogens is 3. The zero-order valence-electron chi connectivity index (χ0n) is 10.7. The van der Waals surface area contributed by atoms with Crippen molar-refractivity contribution in [2.75, 3.05) is 5.32 Å². The van der Waals surface area contributed by atoms with Crippen molar-refractivity contribution in [2.45, 2.75) is 20.0 Å². The van der Waals surface area contributed by atoms with Gasteiger partial charge in [-0.05, 0) is 66.2 Å². The van der Waals surface area contributed by atoms with Crippen molar-refractivity contribution in [1.82, 2.24) is 15.0 Å². The number of anilines is 2. The molecule has 0 unspecified atom stereocenters. The Kier molecular flexibility index (Phi) is 5.22. The fourth-order valence-corrected chi connectivity index (χ4v) is 2.42. The molecule has 0 aliphatic carbocycles. The number of nitrogens with zero attached hydrogens (tertiary/aromatic N) is 3. The Bertz CT molecular complexity index is 624. The first-order valence-electron chi connectivity index (χ1n) is 5.74. The molecule has 0 radical (unpaired) electrons. The smallest absolute Gasteiger partial charge is 0.322 e. The van der Waals surface area contributed by atoms with Crippen LogP contribution in [-0.4, -0.2) is 21.1 Å². The van der Waals surface area contributed by atoms with Gasteiger partial charge in [0, 0.05) is 3.57 Å². The first-order chi connectivity index (χ1) is 9.44. The molecule has 2 aromatic rings. The van der Waals surface area contributed by atoms with Crippen LogP contribution in [0.25, 0.3) is 0 Å². The monoisotopic (exact) mass is 424 g/mol. The number of ether oxygens (including phenoxy) is 1. The van der Waals surface area contributed by atoms with E-state index in [2.05, 4.69) is 42.9 Å². The van der Waals surface area contributed by atoms with Crippen LogP contribution in [0, 0.1) is 3.57 Å². The van der Waals surface area contributed by atoms with Crippen LogP contribution in [-0.2, 0) is 0 Å². The molecule has 0 atom stereocenters. The second-order valence-corrected chi connectivity index (χ2v) is 6.12. The van der Waals surface area contributed by atoms with E-state index in [-0.39, 0.29) is 23.3 Å². The summed E-state index contributed by atoms with van der Waals surface area (Å²) in [4.78, 5) is 12.0. The number of hydrogen-bond donors (Lipinski definition) is 1. The Labute approximate surface area is 140 Å². The predicted molar refractivity (Wildman–Crippen MR) is 88.1 cm³/mol. The molecule has 0 fully saturated rings. The quantitative estimate of drug-likeness (QED) is 0.741. The second-order valence-electron chi connectivity index (χ2n) is 4.13. The van der Waals surface area contributed by atoms with E-state index < -0.39 is 0 Å². The van der Waals surface area contributed by atoms with Crippen molar-refractivity contribution in [3.63, 3.8) is 0 Å². The zero-order valence-corrected chi connectivity index (χ0v) is 14.4. The molecule has 0 spiro atoms. The summed E-state index contributed by atoms with van der Waals surface area (Å²) in [5, 5.41) is 3.62. The Hall–Kier alpha value is -0.860. The Balaban J connectivity index is 2.26. The van der Waals surface area contributed by atoms with Crippen molar-refractivity contribution in [3.8, 4) is 6.01 Å². The highest BCUT2D eigenvalue weighted by molar-refractivity contribution is 14.1. The van der Waals surface area contributed by atoms with E-state index >= 15 is 0 Å². The highest BCUT2D eigenvalue weighted by Crippen LogP contribution is 2.26. The van der Waals surface area contributed by atoms with Gasteiger partial charge in [-0.3, -0.25) is 0 Å². The molecule has 1 aromatic carbocycles. The zero-order chi connectivity index (χ0) is 14.7. The van der Waals surface area contributed by atoms with E-state index in [1.807, 2.05) is 32.0 Å². The second kappa shape index (κ2) is 6.73. The van der Waals surface area contributed by atoms with Gasteiger partial charge < -0.3 is 10.1 Å². The minimum Gasteiger partial charge on any atom is -0.461 e. The molecule has 1 aromatic heterocycles. The molecule has 0 saturated heterocycles. The first kappa shape index (κ1) is 15.5. The lowest BCUT2D eigenvalue weighted by Gasteiger charge is -2.10. The Morgan fingerprint density at radius 2 is 1.95 bits per heavy atom. The molecular weight excluding hydrogens is 414 g/mol. The standard InChI is InChI=1S/C12H11Cl2IN4O/c1-6(2)20-12-18-10(14)17-11(19-12)16-9-4-3-7(15)5-8(9)13/h3-6H,1-2H3,(H,16,17,18,19). The van der Waals surface area contributed by atoms with Crippen molar-refractivity contribution in [1.29, 1.82) is 0 Å². The maximum atomic E-state index is 6.14. The highest BCUT2D eigenvalue weighted by atomic mass is 127. The van der Waals surface area contributed by atoms with Gasteiger partial charge in [0.05, 0.1) is 16.8 Å². The van der Waals surface area contributed by atoms with Gasteiger partial charge in [-0.25, -0.2) is 0 Å². The van der Waals surface area contributed by atoms with Crippen LogP contribution >= 0.6 is 45.8 Å². The van der Waals surface area contributed by atoms with Crippen LogP contribution in [0.3, 0.4) is 0 Å². The molecule has 0 aliphatic rings. The molecule has 1 N–H and O–H groups in total. The maximum absolute atomic E-state index is 6.14. The lowest BCUT2D eigenvalue weighted by atomic mass is 10.3. The number of hydrogen-bond acceptors (Lipinski definition) is 5. The number of rotatable bonds is 4. The third-order valence-corrected chi connectivity index (χ3v) is 3.26. The fraction of sp³-hybridized carbons (Fsp3) is 0.250. The van der Waals surface area contributed by atoms with Crippen LogP contribution in [0.1, 0.15) is 13.8 Å². The van der Waals surface area contributed by atoms with Gasteiger partial charge in [0.2, 0.25) is 11.2 Å². The molecule has 0 amide bonds. The van der Waals surface area contributed by atoms with E-state index in [1.165, 1.54) is 0 Å². The largest absolute Gasteiger partial charge is 0.461 e. The molecular formula is C12H11Cl2IN4O. The number of benzene rings is 1. The molecule has 5 nitrogen and oxygen atoms in total. The van der Waals surface area contributed by atoms with E-state index in [0.29, 0.717) is 10.7 Å². The Morgan fingerprint density at radius 3 is 2.60 bits per heavy atom. The third-order valence-electron chi connectivity index (χ3n) is 2.11. The maximum Gasteiger partial charge on any atom is 0.322 e. The summed E-state index contributed by atoms with van der Waals surface area (Å²) in [6.45, 7) is 3.75. The summed E-state index contributed by atoms with van der Waals surface area (Å²) in [5.74, 6) is 0.281. The summed E-state index contributed by atoms with van der Waals surface area (Å²) in [7, 11) is 0. The van der Waals surface area contributed by atoms with E-state index in [1.54, 1.807) is 0 Å². The van der Waals surface area contributed by atoms with Gasteiger partial charge in [0.1, 0.15) is 0 Å². The van der Waals surface area contributed by atoms with Gasteiger partial charge in [-0.1, -0.05) is 11.6 Å². The lowest BCUT2D eigenvalue weighted by Crippen LogP contribution is -2.10. The van der Waals surface area contributed by atoms with E-state index in [0.717, 1.165) is 3.57 Å². The SMILES string of the molecule is CC(C)Oc1nc(Cl)nc(Nc2ccc(I)cc2Cl)n1. The van der Waals surface area contributed by atoms with E-state index in [4.69, 9.17) is 27.9 Å². The van der Waals surface area contributed by atoms with Gasteiger partial charge in [0.15, 0.2) is 0 Å². The van der Waals surface area contributed by atoms with Crippen LogP contribution in [0.5, 0.6) is 6.01 Å². The average molecular weight is 425 g/mol. The van der Waals surface area contributed by atoms with Crippen LogP contribution in [0.4, 0.5) is 11.6 Å². The van der Waals surface area contributed by atoms with Crippen molar-refractivity contribution < 1.29 is 4.74 Å². The molecule has 0 bridgehead atoms. The third kappa shape index (κ3) is 4.32. The molecule has 0 saturated carbocycles. The summed E-state index contributed by atoms with van der Waals surface area (Å²) in [6.07, 6.45) is -0.0526. The number of nitrogens with one attached hydrogen (secondary N) is 1. The van der Waals surface area contributed by atoms with Gasteiger partial charge in [-0.15, -0.1) is 0 Å². The van der Waals surface area contributed by atoms with E-state index in [9.17, 15) is 0 Å². The van der Waals surface area contributed by atoms with Crippen LogP contribution < -0.4 is 10.1 Å². The molecule has 106 valence electrons. The predicted octanol–water partition coefficient (Wildman–Crippen LogP) is 4.31. The van der Waals surface area contributed by atoms with Gasteiger partial charge >= 0.3 is 6.01 Å². The molecule has 8 heteroatoms. The Morgan fingerprint density at radius 1 is 1.20 bits per heavy atom.